The highest BCUT2D eigenvalue weighted by Gasteiger charge is 2.15. The maximum Gasteiger partial charge on any atom is 0.277 e. The number of thiazole rings is 1. The van der Waals surface area contributed by atoms with Crippen LogP contribution in [0.4, 0.5) is 11.5 Å². The van der Waals surface area contributed by atoms with Crippen LogP contribution >= 0.6 is 22.9 Å². The van der Waals surface area contributed by atoms with Gasteiger partial charge in [-0.05, 0) is 30.3 Å². The summed E-state index contributed by atoms with van der Waals surface area (Å²) in [5, 5.41) is 4.92. The molecule has 4 rings (SSSR count). The molecule has 0 aliphatic rings. The molecule has 0 saturated heterocycles. The van der Waals surface area contributed by atoms with E-state index in [0.29, 0.717) is 16.4 Å². The summed E-state index contributed by atoms with van der Waals surface area (Å²) in [6.07, 6.45) is 1.48. The van der Waals surface area contributed by atoms with Crippen molar-refractivity contribution >= 4 is 61.5 Å². The van der Waals surface area contributed by atoms with Crippen LogP contribution < -0.4 is 11.1 Å². The summed E-state index contributed by atoms with van der Waals surface area (Å²) in [6, 6.07) is 11.0. The van der Waals surface area contributed by atoms with Gasteiger partial charge < -0.3 is 11.1 Å². The molecule has 0 atom stereocenters. The van der Waals surface area contributed by atoms with Crippen LogP contribution in [0, 0.1) is 0 Å². The second kappa shape index (κ2) is 5.70. The Balaban J connectivity index is 1.94. The molecular formula is C16H10ClN5OS. The van der Waals surface area contributed by atoms with Gasteiger partial charge >= 0.3 is 0 Å². The lowest BCUT2D eigenvalue weighted by atomic mass is 10.2. The number of amides is 1. The van der Waals surface area contributed by atoms with E-state index in [2.05, 4.69) is 20.3 Å². The van der Waals surface area contributed by atoms with E-state index in [1.54, 1.807) is 12.1 Å². The molecule has 2 heterocycles. The lowest BCUT2D eigenvalue weighted by Crippen LogP contribution is -2.09. The van der Waals surface area contributed by atoms with Crippen molar-refractivity contribution < 1.29 is 4.79 Å². The Morgan fingerprint density at radius 1 is 1.17 bits per heavy atom. The van der Waals surface area contributed by atoms with Gasteiger partial charge in [-0.2, -0.15) is 0 Å². The van der Waals surface area contributed by atoms with Crippen molar-refractivity contribution in [1.29, 1.82) is 0 Å². The van der Waals surface area contributed by atoms with Crippen LogP contribution in [-0.2, 0) is 0 Å². The third-order valence-electron chi connectivity index (χ3n) is 3.45. The monoisotopic (exact) mass is 355 g/mol. The standard InChI is InChI=1S/C16H10ClN5OS/c17-8-2-1-3-9(6-8)21-15-12-10(19-7-20-15)4-5-11-13(12)24-16(22-11)14(18)23/h1-7H,(H2,18,23)(H,19,20,21). The number of primary amides is 1. The van der Waals surface area contributed by atoms with Crippen molar-refractivity contribution in [3.63, 3.8) is 0 Å². The maximum atomic E-state index is 11.4. The average molecular weight is 356 g/mol. The fraction of sp³-hybridized carbons (Fsp3) is 0. The van der Waals surface area contributed by atoms with Crippen LogP contribution in [0.3, 0.4) is 0 Å². The molecule has 118 valence electrons. The zero-order valence-electron chi connectivity index (χ0n) is 12.2. The highest BCUT2D eigenvalue weighted by molar-refractivity contribution is 7.21. The van der Waals surface area contributed by atoms with Gasteiger partial charge in [-0.3, -0.25) is 4.79 Å². The van der Waals surface area contributed by atoms with E-state index < -0.39 is 5.91 Å². The minimum atomic E-state index is -0.550. The molecule has 3 N–H and O–H groups in total. The number of anilines is 2. The molecule has 1 amide bonds. The van der Waals surface area contributed by atoms with Gasteiger partial charge in [0.1, 0.15) is 12.1 Å². The van der Waals surface area contributed by atoms with Crippen molar-refractivity contribution in [2.24, 2.45) is 5.73 Å². The molecule has 0 unspecified atom stereocenters. The van der Waals surface area contributed by atoms with Gasteiger partial charge in [0.25, 0.3) is 5.91 Å². The minimum Gasteiger partial charge on any atom is -0.364 e. The van der Waals surface area contributed by atoms with E-state index >= 15 is 0 Å². The fourth-order valence-corrected chi connectivity index (χ4v) is 3.58. The smallest absolute Gasteiger partial charge is 0.277 e. The number of nitrogens with two attached hydrogens (primary N) is 1. The van der Waals surface area contributed by atoms with Crippen molar-refractivity contribution in [1.82, 2.24) is 15.0 Å². The van der Waals surface area contributed by atoms with E-state index in [4.69, 9.17) is 17.3 Å². The number of carbonyl (C=O) groups is 1. The Kier molecular flexibility index (Phi) is 3.51. The third-order valence-corrected chi connectivity index (χ3v) is 4.79. The Labute approximate surface area is 145 Å². The van der Waals surface area contributed by atoms with Gasteiger partial charge in [-0.25, -0.2) is 15.0 Å². The highest BCUT2D eigenvalue weighted by Crippen LogP contribution is 2.34. The molecule has 0 bridgehead atoms. The molecule has 0 saturated carbocycles. The first-order valence-corrected chi connectivity index (χ1v) is 8.18. The van der Waals surface area contributed by atoms with Crippen LogP contribution in [-0.4, -0.2) is 20.9 Å². The molecule has 4 aromatic rings. The van der Waals surface area contributed by atoms with Crippen LogP contribution in [0.1, 0.15) is 9.80 Å². The van der Waals surface area contributed by atoms with Crippen molar-refractivity contribution in [3.05, 3.63) is 52.8 Å². The van der Waals surface area contributed by atoms with Gasteiger partial charge in [0.15, 0.2) is 5.01 Å². The summed E-state index contributed by atoms with van der Waals surface area (Å²) in [5.74, 6) is 0.0677. The topological polar surface area (TPSA) is 93.8 Å². The van der Waals surface area contributed by atoms with E-state index in [1.807, 2.05) is 24.3 Å². The van der Waals surface area contributed by atoms with Crippen LogP contribution in [0.5, 0.6) is 0 Å². The Hall–Kier alpha value is -2.77. The number of nitrogens with one attached hydrogen (secondary N) is 1. The number of carbonyl (C=O) groups excluding carboxylic acids is 1. The first-order chi connectivity index (χ1) is 11.6. The summed E-state index contributed by atoms with van der Waals surface area (Å²) < 4.78 is 0.812. The number of aromatic nitrogens is 3. The predicted molar refractivity (Wildman–Crippen MR) is 96.0 cm³/mol. The summed E-state index contributed by atoms with van der Waals surface area (Å²) in [7, 11) is 0. The number of hydrogen-bond donors (Lipinski definition) is 2. The molecule has 2 aromatic heterocycles. The molecule has 24 heavy (non-hydrogen) atoms. The number of hydrogen-bond acceptors (Lipinski definition) is 6. The molecule has 0 fully saturated rings. The first-order valence-electron chi connectivity index (χ1n) is 6.98. The third kappa shape index (κ3) is 2.53. The Morgan fingerprint density at radius 3 is 2.79 bits per heavy atom. The minimum absolute atomic E-state index is 0.259. The number of benzene rings is 2. The second-order valence-electron chi connectivity index (χ2n) is 5.05. The van der Waals surface area contributed by atoms with Gasteiger partial charge in [0, 0.05) is 10.7 Å². The predicted octanol–water partition coefficient (Wildman–Crippen LogP) is 3.74. The van der Waals surface area contributed by atoms with Gasteiger partial charge in [0.05, 0.1) is 21.1 Å². The molecular weight excluding hydrogens is 346 g/mol. The molecule has 0 aliphatic carbocycles. The molecule has 6 nitrogen and oxygen atoms in total. The zero-order valence-corrected chi connectivity index (χ0v) is 13.7. The molecule has 0 spiro atoms. The molecule has 8 heteroatoms. The Morgan fingerprint density at radius 2 is 2.00 bits per heavy atom. The van der Waals surface area contributed by atoms with E-state index in [1.165, 1.54) is 17.7 Å². The molecule has 0 aliphatic heterocycles. The SMILES string of the molecule is NC(=O)c1nc2ccc3ncnc(Nc4cccc(Cl)c4)c3c2s1. The van der Waals surface area contributed by atoms with Crippen LogP contribution in [0.25, 0.3) is 21.1 Å². The van der Waals surface area contributed by atoms with Gasteiger partial charge in [0.2, 0.25) is 0 Å². The fourth-order valence-electron chi connectivity index (χ4n) is 2.43. The summed E-state index contributed by atoms with van der Waals surface area (Å²) in [6.45, 7) is 0. The van der Waals surface area contributed by atoms with E-state index in [-0.39, 0.29) is 5.01 Å². The highest BCUT2D eigenvalue weighted by atomic mass is 35.5. The van der Waals surface area contributed by atoms with Gasteiger partial charge in [-0.15, -0.1) is 11.3 Å². The lowest BCUT2D eigenvalue weighted by Gasteiger charge is -2.09. The van der Waals surface area contributed by atoms with E-state index in [0.717, 1.165) is 21.3 Å². The van der Waals surface area contributed by atoms with E-state index in [9.17, 15) is 4.79 Å². The molecule has 0 radical (unpaired) electrons. The summed E-state index contributed by atoms with van der Waals surface area (Å²) in [4.78, 5) is 24.3. The normalized spacial score (nSPS) is 11.0. The quantitative estimate of drug-likeness (QED) is 0.584. The van der Waals surface area contributed by atoms with Crippen LogP contribution in [0.2, 0.25) is 5.02 Å². The summed E-state index contributed by atoms with van der Waals surface area (Å²) in [5.41, 5.74) is 7.59. The number of halogens is 1. The average Bonchev–Trinajstić information content (AvgIpc) is 2.99. The summed E-state index contributed by atoms with van der Waals surface area (Å²) >= 11 is 7.26. The number of rotatable bonds is 3. The second-order valence-corrected chi connectivity index (χ2v) is 6.48. The lowest BCUT2D eigenvalue weighted by molar-refractivity contribution is 0.1000. The van der Waals surface area contributed by atoms with Crippen molar-refractivity contribution in [2.45, 2.75) is 0 Å². The van der Waals surface area contributed by atoms with Crippen LogP contribution in [0.15, 0.2) is 42.7 Å². The number of nitrogens with zero attached hydrogens (tertiary/aromatic N) is 3. The Bertz CT molecular complexity index is 1090. The number of fused-ring (bicyclic) bond motifs is 3. The van der Waals surface area contributed by atoms with Crippen molar-refractivity contribution in [2.75, 3.05) is 5.32 Å². The zero-order chi connectivity index (χ0) is 16.7. The van der Waals surface area contributed by atoms with Gasteiger partial charge in [-0.1, -0.05) is 17.7 Å². The molecule has 2 aromatic carbocycles. The first kappa shape index (κ1) is 14.8. The maximum absolute atomic E-state index is 11.4. The largest absolute Gasteiger partial charge is 0.364 e. The van der Waals surface area contributed by atoms with Crippen molar-refractivity contribution in [3.8, 4) is 0 Å².